The fourth-order valence-corrected chi connectivity index (χ4v) is 4.28. The quantitative estimate of drug-likeness (QED) is 0.364. The Morgan fingerprint density at radius 1 is 0.914 bits per heavy atom. The summed E-state index contributed by atoms with van der Waals surface area (Å²) in [5.41, 5.74) is 2.52. The van der Waals surface area contributed by atoms with Gasteiger partial charge in [-0.25, -0.2) is 14.3 Å². The zero-order chi connectivity index (χ0) is 24.4. The van der Waals surface area contributed by atoms with Gasteiger partial charge in [0.15, 0.2) is 11.2 Å². The molecular formula is C27H20ClN5O2. The van der Waals surface area contributed by atoms with Gasteiger partial charge in [0.25, 0.3) is 5.56 Å². The predicted molar refractivity (Wildman–Crippen MR) is 135 cm³/mol. The molecule has 0 saturated heterocycles. The lowest BCUT2D eigenvalue weighted by Gasteiger charge is -2.13. The van der Waals surface area contributed by atoms with Crippen LogP contribution in [0.2, 0.25) is 5.02 Å². The van der Waals surface area contributed by atoms with Gasteiger partial charge in [-0.1, -0.05) is 60.1 Å². The van der Waals surface area contributed by atoms with Gasteiger partial charge in [-0.05, 0) is 47.9 Å². The van der Waals surface area contributed by atoms with Gasteiger partial charge in [-0.2, -0.15) is 5.26 Å². The van der Waals surface area contributed by atoms with Crippen molar-refractivity contribution in [1.82, 2.24) is 18.7 Å². The first-order valence-electron chi connectivity index (χ1n) is 11.1. The maximum absolute atomic E-state index is 13.6. The lowest BCUT2D eigenvalue weighted by Crippen LogP contribution is -2.40. The van der Waals surface area contributed by atoms with Crippen LogP contribution in [-0.2, 0) is 19.5 Å². The van der Waals surface area contributed by atoms with Crippen molar-refractivity contribution in [2.45, 2.75) is 19.5 Å². The molecule has 3 aromatic carbocycles. The molecule has 0 amide bonds. The second-order valence-electron chi connectivity index (χ2n) is 8.10. The summed E-state index contributed by atoms with van der Waals surface area (Å²) in [4.78, 5) is 31.7. The first kappa shape index (κ1) is 22.4. The molecule has 35 heavy (non-hydrogen) atoms. The Hall–Kier alpha value is -4.41. The number of aryl methyl sites for hydroxylation is 1. The molecule has 0 radical (unpaired) electrons. The molecule has 2 heterocycles. The molecule has 0 atom stereocenters. The highest BCUT2D eigenvalue weighted by Gasteiger charge is 2.20. The number of aromatic nitrogens is 4. The molecule has 172 valence electrons. The van der Waals surface area contributed by atoms with Crippen LogP contribution in [0.4, 0.5) is 0 Å². The minimum absolute atomic E-state index is 0.213. The fraction of sp³-hybridized carbons (Fsp3) is 0.111. The number of nitriles is 1. The van der Waals surface area contributed by atoms with Crippen molar-refractivity contribution in [3.05, 3.63) is 128 Å². The number of nitrogens with zero attached hydrogens (tertiary/aromatic N) is 5. The van der Waals surface area contributed by atoms with Gasteiger partial charge in [-0.3, -0.25) is 9.36 Å². The minimum atomic E-state index is -0.469. The number of hydrogen-bond donors (Lipinski definition) is 0. The molecule has 0 aliphatic rings. The normalized spacial score (nSPS) is 11.0. The van der Waals surface area contributed by atoms with Crippen molar-refractivity contribution in [1.29, 1.82) is 5.26 Å². The summed E-state index contributed by atoms with van der Waals surface area (Å²) in [5.74, 6) is 0. The van der Waals surface area contributed by atoms with Crippen LogP contribution in [-0.4, -0.2) is 18.7 Å². The highest BCUT2D eigenvalue weighted by atomic mass is 35.5. The Morgan fingerprint density at radius 3 is 2.37 bits per heavy atom. The van der Waals surface area contributed by atoms with Crippen molar-refractivity contribution in [2.75, 3.05) is 0 Å². The van der Waals surface area contributed by atoms with E-state index in [-0.39, 0.29) is 18.7 Å². The molecule has 5 aromatic rings. The third-order valence-electron chi connectivity index (χ3n) is 5.93. The van der Waals surface area contributed by atoms with E-state index in [1.165, 1.54) is 15.5 Å². The van der Waals surface area contributed by atoms with E-state index in [0.29, 0.717) is 28.2 Å². The molecule has 0 spiro atoms. The van der Waals surface area contributed by atoms with Crippen molar-refractivity contribution in [2.24, 2.45) is 0 Å². The van der Waals surface area contributed by atoms with Crippen molar-refractivity contribution >= 4 is 22.8 Å². The zero-order valence-corrected chi connectivity index (χ0v) is 19.4. The Morgan fingerprint density at radius 2 is 1.63 bits per heavy atom. The molecule has 5 rings (SSSR count). The highest BCUT2D eigenvalue weighted by Crippen LogP contribution is 2.18. The average Bonchev–Trinajstić information content (AvgIpc) is 3.29. The fourth-order valence-electron chi connectivity index (χ4n) is 4.16. The maximum atomic E-state index is 13.6. The molecule has 0 bridgehead atoms. The van der Waals surface area contributed by atoms with Crippen LogP contribution in [0.5, 0.6) is 0 Å². The van der Waals surface area contributed by atoms with E-state index in [1.807, 2.05) is 42.5 Å². The van der Waals surface area contributed by atoms with Crippen LogP contribution in [0.15, 0.2) is 94.8 Å². The summed E-state index contributed by atoms with van der Waals surface area (Å²) in [6, 6.07) is 25.9. The predicted octanol–water partition coefficient (Wildman–Crippen LogP) is 4.16. The van der Waals surface area contributed by atoms with Gasteiger partial charge in [0.2, 0.25) is 0 Å². The molecule has 0 fully saturated rings. The summed E-state index contributed by atoms with van der Waals surface area (Å²) >= 11 is 6.07. The summed E-state index contributed by atoms with van der Waals surface area (Å²) in [5, 5.41) is 10.0. The maximum Gasteiger partial charge on any atom is 0.337 e. The zero-order valence-electron chi connectivity index (χ0n) is 18.6. The number of benzene rings is 3. The Bertz CT molecular complexity index is 1680. The lowest BCUT2D eigenvalue weighted by atomic mass is 10.1. The van der Waals surface area contributed by atoms with Crippen molar-refractivity contribution in [3.63, 3.8) is 0 Å². The molecule has 2 aromatic heterocycles. The van der Waals surface area contributed by atoms with Crippen LogP contribution in [0.1, 0.15) is 16.7 Å². The first-order valence-corrected chi connectivity index (χ1v) is 11.4. The molecule has 0 aliphatic carbocycles. The number of rotatable bonds is 6. The van der Waals surface area contributed by atoms with E-state index < -0.39 is 11.2 Å². The monoisotopic (exact) mass is 481 g/mol. The van der Waals surface area contributed by atoms with E-state index in [0.717, 1.165) is 11.1 Å². The Kier molecular flexibility index (Phi) is 6.04. The summed E-state index contributed by atoms with van der Waals surface area (Å²) < 4.78 is 4.38. The van der Waals surface area contributed by atoms with Gasteiger partial charge < -0.3 is 4.57 Å². The summed E-state index contributed by atoms with van der Waals surface area (Å²) in [7, 11) is 0. The van der Waals surface area contributed by atoms with Crippen LogP contribution >= 0.6 is 11.6 Å². The van der Waals surface area contributed by atoms with E-state index in [9.17, 15) is 14.9 Å². The second kappa shape index (κ2) is 9.45. The molecule has 7 nitrogen and oxygen atoms in total. The van der Waals surface area contributed by atoms with E-state index >= 15 is 0 Å². The average molecular weight is 482 g/mol. The van der Waals surface area contributed by atoms with Gasteiger partial charge in [0.05, 0.1) is 30.2 Å². The summed E-state index contributed by atoms with van der Waals surface area (Å²) in [6.45, 7) is 0.484. The molecule has 0 unspecified atom stereocenters. The second-order valence-corrected chi connectivity index (χ2v) is 8.54. The third-order valence-corrected chi connectivity index (χ3v) is 6.18. The number of fused-ring (bicyclic) bond motifs is 1. The standard InChI is InChI=1S/C27H20ClN5O2/c28-22-10-12-23(13-11-22)33-25-24(31(18-30-25)17-21-9-5-4-8-20(21)16-29)26(34)32(27(33)35)15-14-19-6-2-1-3-7-19/h1-13,18H,14-15,17H2. The van der Waals surface area contributed by atoms with Gasteiger partial charge in [0, 0.05) is 11.6 Å². The lowest BCUT2D eigenvalue weighted by molar-refractivity contribution is 0.615. The van der Waals surface area contributed by atoms with Crippen LogP contribution in [0, 0.1) is 11.3 Å². The summed E-state index contributed by atoms with van der Waals surface area (Å²) in [6.07, 6.45) is 2.06. The van der Waals surface area contributed by atoms with Crippen LogP contribution in [0.3, 0.4) is 0 Å². The molecule has 8 heteroatoms. The molecule has 0 saturated carbocycles. The molecular weight excluding hydrogens is 462 g/mol. The third kappa shape index (κ3) is 4.27. The van der Waals surface area contributed by atoms with Crippen molar-refractivity contribution in [3.8, 4) is 11.8 Å². The van der Waals surface area contributed by atoms with E-state index in [1.54, 1.807) is 41.0 Å². The topological polar surface area (TPSA) is 85.6 Å². The number of hydrogen-bond acceptors (Lipinski definition) is 4. The smallest absolute Gasteiger partial charge is 0.320 e. The Labute approximate surface area is 205 Å². The SMILES string of the molecule is N#Cc1ccccc1Cn1cnc2c1c(=O)n(CCc1ccccc1)c(=O)n2-c1ccc(Cl)cc1. The number of imidazole rings is 1. The minimum Gasteiger partial charge on any atom is -0.320 e. The van der Waals surface area contributed by atoms with E-state index in [2.05, 4.69) is 11.1 Å². The molecule has 0 N–H and O–H groups in total. The van der Waals surface area contributed by atoms with Crippen LogP contribution < -0.4 is 11.2 Å². The van der Waals surface area contributed by atoms with Crippen molar-refractivity contribution < 1.29 is 0 Å². The Balaban J connectivity index is 1.70. The van der Waals surface area contributed by atoms with Gasteiger partial charge in [0.1, 0.15) is 0 Å². The van der Waals surface area contributed by atoms with E-state index in [4.69, 9.17) is 11.6 Å². The van der Waals surface area contributed by atoms with Gasteiger partial charge in [-0.15, -0.1) is 0 Å². The largest absolute Gasteiger partial charge is 0.337 e. The molecule has 0 aliphatic heterocycles. The number of halogens is 1. The first-order chi connectivity index (χ1) is 17.1. The van der Waals surface area contributed by atoms with Gasteiger partial charge >= 0.3 is 5.69 Å². The van der Waals surface area contributed by atoms with Crippen LogP contribution in [0.25, 0.3) is 16.9 Å². The highest BCUT2D eigenvalue weighted by molar-refractivity contribution is 6.30.